The van der Waals surface area contributed by atoms with Crippen molar-refractivity contribution in [3.63, 3.8) is 0 Å². The summed E-state index contributed by atoms with van der Waals surface area (Å²) in [7, 11) is 0. The number of amides is 1. The van der Waals surface area contributed by atoms with Crippen molar-refractivity contribution in [1.82, 2.24) is 5.32 Å². The number of hydrogen-bond donors (Lipinski definition) is 1. The highest BCUT2D eigenvalue weighted by Gasteiger charge is 2.65. The molecule has 4 heteroatoms. The molecule has 0 unspecified atom stereocenters. The van der Waals surface area contributed by atoms with Gasteiger partial charge in [-0.15, -0.1) is 0 Å². The number of nitrogens with one attached hydrogen (secondary N) is 1. The van der Waals surface area contributed by atoms with Crippen LogP contribution in [0.25, 0.3) is 0 Å². The predicted molar refractivity (Wildman–Crippen MR) is 72.9 cm³/mol. The zero-order chi connectivity index (χ0) is 13.7. The van der Waals surface area contributed by atoms with E-state index in [1.54, 1.807) is 6.07 Å². The van der Waals surface area contributed by atoms with Crippen LogP contribution in [0.15, 0.2) is 22.7 Å². The monoisotopic (exact) mass is 313 g/mol. The molecule has 0 saturated heterocycles. The minimum Gasteiger partial charge on any atom is -0.348 e. The van der Waals surface area contributed by atoms with Crippen LogP contribution >= 0.6 is 15.9 Å². The molecule has 2 rings (SSSR count). The first kappa shape index (κ1) is 13.5. The highest BCUT2D eigenvalue weighted by Crippen LogP contribution is 2.62. The summed E-state index contributed by atoms with van der Waals surface area (Å²) in [6, 6.07) is 4.46. The average Bonchev–Trinajstić information content (AvgIpc) is 2.64. The van der Waals surface area contributed by atoms with Crippen LogP contribution in [0.1, 0.15) is 38.1 Å². The van der Waals surface area contributed by atoms with E-state index in [1.807, 2.05) is 0 Å². The van der Waals surface area contributed by atoms with Crippen molar-refractivity contribution < 1.29 is 9.18 Å². The summed E-state index contributed by atoms with van der Waals surface area (Å²) in [6.07, 6.45) is 0. The van der Waals surface area contributed by atoms with Gasteiger partial charge < -0.3 is 5.32 Å². The fourth-order valence-corrected chi connectivity index (χ4v) is 2.80. The zero-order valence-electron chi connectivity index (χ0n) is 11.0. The third-order valence-corrected chi connectivity index (χ3v) is 4.96. The number of benzene rings is 1. The van der Waals surface area contributed by atoms with Crippen molar-refractivity contribution in [3.05, 3.63) is 34.1 Å². The quantitative estimate of drug-likeness (QED) is 0.885. The van der Waals surface area contributed by atoms with E-state index >= 15 is 0 Å². The van der Waals surface area contributed by atoms with Crippen LogP contribution in [0.2, 0.25) is 0 Å². The van der Waals surface area contributed by atoms with Gasteiger partial charge in [0.1, 0.15) is 5.82 Å². The van der Waals surface area contributed by atoms with Crippen LogP contribution in [0.4, 0.5) is 4.39 Å². The molecule has 0 aromatic heterocycles. The molecule has 1 saturated carbocycles. The van der Waals surface area contributed by atoms with E-state index in [4.69, 9.17) is 0 Å². The summed E-state index contributed by atoms with van der Waals surface area (Å²) in [4.78, 5) is 12.1. The summed E-state index contributed by atoms with van der Waals surface area (Å²) in [5.41, 5.74) is 0.180. The molecule has 2 nitrogen and oxygen atoms in total. The summed E-state index contributed by atoms with van der Waals surface area (Å²) in [6.45, 7) is 8.43. The Kier molecular flexibility index (Phi) is 3.05. The van der Waals surface area contributed by atoms with Gasteiger partial charge in [-0.1, -0.05) is 43.6 Å². The molecule has 0 aliphatic heterocycles. The lowest BCUT2D eigenvalue weighted by atomic mass is 10.0. The summed E-state index contributed by atoms with van der Waals surface area (Å²) >= 11 is 3.24. The normalized spacial score (nSPS) is 20.6. The van der Waals surface area contributed by atoms with Gasteiger partial charge in [-0.3, -0.25) is 4.79 Å². The van der Waals surface area contributed by atoms with E-state index in [0.29, 0.717) is 4.47 Å². The lowest BCUT2D eigenvalue weighted by Gasteiger charge is -2.08. The van der Waals surface area contributed by atoms with E-state index in [-0.39, 0.29) is 28.3 Å². The standard InChI is InChI=1S/C14H17BrFNO/c1-13(2)12(14(13,3)4)17-11(18)9-7-8(15)5-6-10(9)16/h5-7,12H,1-4H3,(H,17,18). The van der Waals surface area contributed by atoms with Crippen LogP contribution in [0.3, 0.4) is 0 Å². The Labute approximate surface area is 115 Å². The van der Waals surface area contributed by atoms with Gasteiger partial charge in [-0.2, -0.15) is 0 Å². The Morgan fingerprint density at radius 2 is 1.83 bits per heavy atom. The van der Waals surface area contributed by atoms with Gasteiger partial charge >= 0.3 is 0 Å². The van der Waals surface area contributed by atoms with Gasteiger partial charge in [0, 0.05) is 10.5 Å². The second-order valence-electron chi connectivity index (χ2n) is 5.97. The minimum atomic E-state index is -0.494. The van der Waals surface area contributed by atoms with Crippen molar-refractivity contribution in [2.24, 2.45) is 10.8 Å². The van der Waals surface area contributed by atoms with Gasteiger partial charge in [-0.05, 0) is 29.0 Å². The zero-order valence-corrected chi connectivity index (χ0v) is 12.6. The smallest absolute Gasteiger partial charge is 0.254 e. The lowest BCUT2D eigenvalue weighted by Crippen LogP contribution is -2.30. The Morgan fingerprint density at radius 1 is 1.28 bits per heavy atom. The first-order valence-electron chi connectivity index (χ1n) is 5.94. The van der Waals surface area contributed by atoms with Gasteiger partial charge in [0.15, 0.2) is 0 Å². The first-order chi connectivity index (χ1) is 8.18. The highest BCUT2D eigenvalue weighted by atomic mass is 79.9. The van der Waals surface area contributed by atoms with Crippen LogP contribution in [-0.2, 0) is 0 Å². The minimum absolute atomic E-state index is 0.0468. The maximum absolute atomic E-state index is 13.6. The number of hydrogen-bond acceptors (Lipinski definition) is 1. The molecule has 0 heterocycles. The molecule has 1 N–H and O–H groups in total. The number of carbonyl (C=O) groups excluding carboxylic acids is 1. The van der Waals surface area contributed by atoms with Crippen LogP contribution < -0.4 is 5.32 Å². The van der Waals surface area contributed by atoms with Crippen molar-refractivity contribution in [3.8, 4) is 0 Å². The van der Waals surface area contributed by atoms with Crippen LogP contribution in [-0.4, -0.2) is 11.9 Å². The van der Waals surface area contributed by atoms with E-state index in [2.05, 4.69) is 48.9 Å². The molecule has 0 radical (unpaired) electrons. The molecule has 1 aliphatic rings. The molecule has 98 valence electrons. The van der Waals surface area contributed by atoms with Gasteiger partial charge in [0.05, 0.1) is 5.56 Å². The van der Waals surface area contributed by atoms with Crippen LogP contribution in [0, 0.1) is 16.6 Å². The van der Waals surface area contributed by atoms with Gasteiger partial charge in [0.2, 0.25) is 0 Å². The second kappa shape index (κ2) is 4.05. The predicted octanol–water partition coefficient (Wildman–Crippen LogP) is 3.75. The maximum atomic E-state index is 13.6. The molecule has 0 bridgehead atoms. The Hall–Kier alpha value is -0.900. The van der Waals surface area contributed by atoms with Crippen LogP contribution in [0.5, 0.6) is 0 Å². The van der Waals surface area contributed by atoms with Gasteiger partial charge in [-0.25, -0.2) is 4.39 Å². The summed E-state index contributed by atoms with van der Waals surface area (Å²) in [5, 5.41) is 2.92. The summed E-state index contributed by atoms with van der Waals surface area (Å²) in [5.74, 6) is -0.843. The highest BCUT2D eigenvalue weighted by molar-refractivity contribution is 9.10. The lowest BCUT2D eigenvalue weighted by molar-refractivity contribution is 0.0939. The molecule has 1 amide bonds. The second-order valence-corrected chi connectivity index (χ2v) is 6.89. The Bertz CT molecular complexity index is 497. The molecule has 1 fully saturated rings. The van der Waals surface area contributed by atoms with Crippen molar-refractivity contribution in [2.75, 3.05) is 0 Å². The SMILES string of the molecule is CC1(C)C(NC(=O)c2cc(Br)ccc2F)C1(C)C. The van der Waals surface area contributed by atoms with E-state index < -0.39 is 5.82 Å². The molecular weight excluding hydrogens is 297 g/mol. The molecule has 1 aliphatic carbocycles. The van der Waals surface area contributed by atoms with Gasteiger partial charge in [0.25, 0.3) is 5.91 Å². The largest absolute Gasteiger partial charge is 0.348 e. The van der Waals surface area contributed by atoms with Crippen molar-refractivity contribution in [2.45, 2.75) is 33.7 Å². The molecular formula is C14H17BrFNO. The molecule has 0 atom stereocenters. The average molecular weight is 314 g/mol. The van der Waals surface area contributed by atoms with Crippen molar-refractivity contribution >= 4 is 21.8 Å². The molecule has 0 spiro atoms. The Morgan fingerprint density at radius 3 is 2.33 bits per heavy atom. The fourth-order valence-electron chi connectivity index (χ4n) is 2.44. The van der Waals surface area contributed by atoms with E-state index in [0.717, 1.165) is 0 Å². The van der Waals surface area contributed by atoms with E-state index in [1.165, 1.54) is 12.1 Å². The fraction of sp³-hybridized carbons (Fsp3) is 0.500. The third kappa shape index (κ3) is 1.96. The Balaban J connectivity index is 2.17. The third-order valence-electron chi connectivity index (χ3n) is 4.47. The molecule has 1 aromatic rings. The maximum Gasteiger partial charge on any atom is 0.254 e. The number of carbonyl (C=O) groups is 1. The molecule has 18 heavy (non-hydrogen) atoms. The topological polar surface area (TPSA) is 29.1 Å². The van der Waals surface area contributed by atoms with E-state index in [9.17, 15) is 9.18 Å². The first-order valence-corrected chi connectivity index (χ1v) is 6.73. The van der Waals surface area contributed by atoms with Crippen molar-refractivity contribution in [1.29, 1.82) is 0 Å². The summed E-state index contributed by atoms with van der Waals surface area (Å²) < 4.78 is 14.3. The number of rotatable bonds is 2. The number of halogens is 2. The molecule has 1 aromatic carbocycles.